The molecule has 0 aliphatic carbocycles. The van der Waals surface area contributed by atoms with Crippen molar-refractivity contribution in [1.29, 1.82) is 0 Å². The lowest BCUT2D eigenvalue weighted by atomic mass is 10.1. The van der Waals surface area contributed by atoms with Crippen LogP contribution in [0.2, 0.25) is 0 Å². The van der Waals surface area contributed by atoms with Gasteiger partial charge in [0.05, 0.1) is 7.11 Å². The van der Waals surface area contributed by atoms with Gasteiger partial charge in [-0.15, -0.1) is 6.58 Å². The number of carbonyl (C=O) groups is 2. The van der Waals surface area contributed by atoms with Crippen molar-refractivity contribution in [3.05, 3.63) is 36.4 Å². The molecule has 0 aliphatic heterocycles. The number of ether oxygens (including phenoxy) is 2. The van der Waals surface area contributed by atoms with Gasteiger partial charge in [0.2, 0.25) is 0 Å². The summed E-state index contributed by atoms with van der Waals surface area (Å²) in [6, 6.07) is 4.38. The molecule has 114 valence electrons. The molecule has 0 unspecified atom stereocenters. The van der Waals surface area contributed by atoms with Gasteiger partial charge in [-0.1, -0.05) is 12.1 Å². The number of allylic oxidation sites excluding steroid dienone is 1. The van der Waals surface area contributed by atoms with Crippen LogP contribution in [0.3, 0.4) is 0 Å². The van der Waals surface area contributed by atoms with E-state index in [-0.39, 0.29) is 6.61 Å². The van der Waals surface area contributed by atoms with E-state index in [9.17, 15) is 9.59 Å². The van der Waals surface area contributed by atoms with Gasteiger partial charge in [0.25, 0.3) is 5.91 Å². The first-order valence-corrected chi connectivity index (χ1v) is 6.40. The van der Waals surface area contributed by atoms with Crippen LogP contribution in [-0.2, 0) is 16.0 Å². The minimum absolute atomic E-state index is 0.283. The molecule has 2 N–H and O–H groups in total. The highest BCUT2D eigenvalue weighted by Crippen LogP contribution is 2.28. The van der Waals surface area contributed by atoms with Crippen LogP contribution in [0.1, 0.15) is 12.5 Å². The summed E-state index contributed by atoms with van der Waals surface area (Å²) in [5, 5.41) is 11.0. The smallest absolute Gasteiger partial charge is 0.325 e. The lowest BCUT2D eigenvalue weighted by Gasteiger charge is -2.13. The van der Waals surface area contributed by atoms with Crippen LogP contribution in [-0.4, -0.2) is 36.7 Å². The average molecular weight is 293 g/mol. The van der Waals surface area contributed by atoms with Gasteiger partial charge >= 0.3 is 5.97 Å². The Bertz CT molecular complexity index is 527. The van der Waals surface area contributed by atoms with E-state index in [0.717, 1.165) is 5.56 Å². The zero-order chi connectivity index (χ0) is 15.8. The van der Waals surface area contributed by atoms with Gasteiger partial charge in [-0.2, -0.15) is 0 Å². The first-order chi connectivity index (χ1) is 9.97. The van der Waals surface area contributed by atoms with E-state index < -0.39 is 17.9 Å². The molecule has 21 heavy (non-hydrogen) atoms. The molecule has 0 saturated heterocycles. The van der Waals surface area contributed by atoms with Crippen molar-refractivity contribution >= 4 is 11.9 Å². The zero-order valence-electron chi connectivity index (χ0n) is 12.1. The summed E-state index contributed by atoms with van der Waals surface area (Å²) in [6.45, 7) is 4.76. The number of carbonyl (C=O) groups excluding carboxylic acids is 1. The summed E-state index contributed by atoms with van der Waals surface area (Å²) >= 11 is 0. The average Bonchev–Trinajstić information content (AvgIpc) is 2.45. The van der Waals surface area contributed by atoms with E-state index in [0.29, 0.717) is 17.9 Å². The third-order valence-corrected chi connectivity index (χ3v) is 2.71. The molecule has 1 amide bonds. The van der Waals surface area contributed by atoms with Crippen LogP contribution in [0.4, 0.5) is 0 Å². The molecular weight excluding hydrogens is 274 g/mol. The first kappa shape index (κ1) is 16.6. The molecule has 0 aliphatic rings. The Hall–Kier alpha value is -2.50. The van der Waals surface area contributed by atoms with Crippen LogP contribution in [0.15, 0.2) is 30.9 Å². The Kier molecular flexibility index (Phi) is 6.26. The van der Waals surface area contributed by atoms with Crippen molar-refractivity contribution in [2.75, 3.05) is 13.7 Å². The van der Waals surface area contributed by atoms with E-state index >= 15 is 0 Å². The number of nitrogens with one attached hydrogen (secondary N) is 1. The summed E-state index contributed by atoms with van der Waals surface area (Å²) in [7, 11) is 1.51. The first-order valence-electron chi connectivity index (χ1n) is 6.40. The van der Waals surface area contributed by atoms with Crippen LogP contribution >= 0.6 is 0 Å². The standard InChI is InChI=1S/C15H19NO5/c1-4-5-11-6-7-12(13(8-11)20-3)21-9-14(17)16-10(2)15(18)19/h4,6-8,10H,1,5,9H2,2-3H3,(H,16,17)(H,18,19)/t10-/m0/s1. The Labute approximate surface area is 123 Å². The van der Waals surface area contributed by atoms with Gasteiger partial charge in [-0.3, -0.25) is 9.59 Å². The SMILES string of the molecule is C=CCc1ccc(OCC(=O)N[C@@H](C)C(=O)O)c(OC)c1. The molecule has 1 atom stereocenters. The van der Waals surface area contributed by atoms with Gasteiger partial charge < -0.3 is 19.9 Å². The Balaban J connectivity index is 2.64. The highest BCUT2D eigenvalue weighted by Gasteiger charge is 2.15. The number of carboxylic acid groups (broad SMARTS) is 1. The number of aliphatic carboxylic acids is 1. The highest BCUT2D eigenvalue weighted by molar-refractivity contribution is 5.84. The molecule has 0 saturated carbocycles. The fourth-order valence-electron chi connectivity index (χ4n) is 1.61. The topological polar surface area (TPSA) is 84.9 Å². The summed E-state index contributed by atoms with van der Waals surface area (Å²) in [6.07, 6.45) is 2.48. The number of benzene rings is 1. The van der Waals surface area contributed by atoms with Crippen molar-refractivity contribution < 1.29 is 24.2 Å². The second kappa shape index (κ2) is 7.94. The predicted molar refractivity (Wildman–Crippen MR) is 77.6 cm³/mol. The minimum atomic E-state index is -1.10. The molecule has 0 heterocycles. The fourth-order valence-corrected chi connectivity index (χ4v) is 1.61. The number of carboxylic acids is 1. The number of methoxy groups -OCH3 is 1. The third kappa shape index (κ3) is 5.18. The van der Waals surface area contributed by atoms with Crippen LogP contribution in [0.25, 0.3) is 0 Å². The lowest BCUT2D eigenvalue weighted by molar-refractivity contribution is -0.141. The number of hydrogen-bond acceptors (Lipinski definition) is 4. The second-order valence-electron chi connectivity index (χ2n) is 4.39. The summed E-state index contributed by atoms with van der Waals surface area (Å²) in [5.41, 5.74) is 1.01. The summed E-state index contributed by atoms with van der Waals surface area (Å²) < 4.78 is 10.5. The monoisotopic (exact) mass is 293 g/mol. The molecule has 0 radical (unpaired) electrons. The molecule has 0 fully saturated rings. The zero-order valence-corrected chi connectivity index (χ0v) is 12.1. The predicted octanol–water partition coefficient (Wildman–Crippen LogP) is 1.39. The van der Waals surface area contributed by atoms with E-state index in [1.165, 1.54) is 14.0 Å². The lowest BCUT2D eigenvalue weighted by Crippen LogP contribution is -2.40. The molecule has 1 aromatic rings. The Morgan fingerprint density at radius 2 is 2.14 bits per heavy atom. The van der Waals surface area contributed by atoms with Gasteiger partial charge in [-0.05, 0) is 31.0 Å². The van der Waals surface area contributed by atoms with Crippen molar-refractivity contribution in [2.45, 2.75) is 19.4 Å². The van der Waals surface area contributed by atoms with E-state index in [1.54, 1.807) is 18.2 Å². The normalized spacial score (nSPS) is 11.3. The second-order valence-corrected chi connectivity index (χ2v) is 4.39. The van der Waals surface area contributed by atoms with Crippen LogP contribution in [0.5, 0.6) is 11.5 Å². The molecule has 6 heteroatoms. The van der Waals surface area contributed by atoms with Gasteiger partial charge in [0, 0.05) is 0 Å². The minimum Gasteiger partial charge on any atom is -0.493 e. The maximum atomic E-state index is 11.5. The Morgan fingerprint density at radius 3 is 2.71 bits per heavy atom. The number of hydrogen-bond donors (Lipinski definition) is 2. The maximum absolute atomic E-state index is 11.5. The quantitative estimate of drug-likeness (QED) is 0.708. The summed E-state index contributed by atoms with van der Waals surface area (Å²) in [5.74, 6) is -0.686. The molecule has 0 spiro atoms. The van der Waals surface area contributed by atoms with Crippen LogP contribution < -0.4 is 14.8 Å². The van der Waals surface area contributed by atoms with Crippen LogP contribution in [0, 0.1) is 0 Å². The van der Waals surface area contributed by atoms with Crippen molar-refractivity contribution in [1.82, 2.24) is 5.32 Å². The van der Waals surface area contributed by atoms with E-state index in [2.05, 4.69) is 11.9 Å². The number of amides is 1. The molecular formula is C15H19NO5. The summed E-state index contributed by atoms with van der Waals surface area (Å²) in [4.78, 5) is 22.2. The molecule has 0 aromatic heterocycles. The van der Waals surface area contributed by atoms with E-state index in [1.807, 2.05) is 6.07 Å². The number of rotatable bonds is 8. The Morgan fingerprint density at radius 1 is 1.43 bits per heavy atom. The maximum Gasteiger partial charge on any atom is 0.325 e. The molecule has 1 rings (SSSR count). The molecule has 6 nitrogen and oxygen atoms in total. The largest absolute Gasteiger partial charge is 0.493 e. The molecule has 1 aromatic carbocycles. The van der Waals surface area contributed by atoms with Crippen molar-refractivity contribution in [3.63, 3.8) is 0 Å². The van der Waals surface area contributed by atoms with Crippen molar-refractivity contribution in [3.8, 4) is 11.5 Å². The van der Waals surface area contributed by atoms with Gasteiger partial charge in [0.15, 0.2) is 18.1 Å². The highest BCUT2D eigenvalue weighted by atomic mass is 16.5. The third-order valence-electron chi connectivity index (χ3n) is 2.71. The molecule has 0 bridgehead atoms. The fraction of sp³-hybridized carbons (Fsp3) is 0.333. The van der Waals surface area contributed by atoms with Crippen molar-refractivity contribution in [2.24, 2.45) is 0 Å². The van der Waals surface area contributed by atoms with Gasteiger partial charge in [0.1, 0.15) is 6.04 Å². The van der Waals surface area contributed by atoms with Gasteiger partial charge in [-0.25, -0.2) is 0 Å². The van der Waals surface area contributed by atoms with E-state index in [4.69, 9.17) is 14.6 Å².